The lowest BCUT2D eigenvalue weighted by Gasteiger charge is -2.33. The van der Waals surface area contributed by atoms with E-state index in [0.717, 1.165) is 37.7 Å². The lowest BCUT2D eigenvalue weighted by Crippen LogP contribution is -2.48. The average molecular weight is 465 g/mol. The molecule has 2 amide bonds. The maximum absolute atomic E-state index is 13.5. The van der Waals surface area contributed by atoms with Gasteiger partial charge in [0.2, 0.25) is 11.8 Å². The zero-order valence-corrected chi connectivity index (χ0v) is 19.5. The lowest BCUT2D eigenvalue weighted by molar-refractivity contribution is -0.141. The summed E-state index contributed by atoms with van der Waals surface area (Å²) in [5, 5.41) is 12.4. The summed E-state index contributed by atoms with van der Waals surface area (Å²) in [7, 11) is 1.32. The van der Waals surface area contributed by atoms with Crippen LogP contribution in [0.2, 0.25) is 0 Å². The molecule has 1 heterocycles. The van der Waals surface area contributed by atoms with E-state index in [1.54, 1.807) is 29.2 Å². The van der Waals surface area contributed by atoms with Gasteiger partial charge in [0.25, 0.3) is 0 Å². The Hall–Kier alpha value is -3.19. The summed E-state index contributed by atoms with van der Waals surface area (Å²) in [5.41, 5.74) is 2.01. The largest absolute Gasteiger partial charge is 0.465 e. The number of nitrogens with zero attached hydrogens (tertiary/aromatic N) is 1. The molecule has 1 aliphatic carbocycles. The Bertz CT molecular complexity index is 999. The van der Waals surface area contributed by atoms with E-state index in [0.29, 0.717) is 17.8 Å². The summed E-state index contributed by atoms with van der Waals surface area (Å²) in [6.45, 7) is 0.707. The highest BCUT2D eigenvalue weighted by Gasteiger charge is 2.44. The smallest absolute Gasteiger partial charge is 0.337 e. The van der Waals surface area contributed by atoms with Gasteiger partial charge >= 0.3 is 5.97 Å². The fourth-order valence-corrected chi connectivity index (χ4v) is 5.26. The third-order valence-corrected chi connectivity index (χ3v) is 7.21. The maximum Gasteiger partial charge on any atom is 0.337 e. The van der Waals surface area contributed by atoms with Gasteiger partial charge in [0, 0.05) is 30.7 Å². The van der Waals surface area contributed by atoms with Gasteiger partial charge in [-0.1, -0.05) is 30.3 Å². The first kappa shape index (κ1) is 24.0. The Labute approximate surface area is 200 Å². The number of hydrogen-bond donors (Lipinski definition) is 2. The van der Waals surface area contributed by atoms with Crippen LogP contribution in [-0.4, -0.2) is 54.1 Å². The Balaban J connectivity index is 1.54. The minimum Gasteiger partial charge on any atom is -0.465 e. The van der Waals surface area contributed by atoms with Crippen molar-refractivity contribution in [3.05, 3.63) is 65.7 Å². The maximum atomic E-state index is 13.5. The van der Waals surface area contributed by atoms with Crippen LogP contribution in [0.25, 0.3) is 0 Å². The summed E-state index contributed by atoms with van der Waals surface area (Å²) < 4.78 is 4.73. The molecule has 2 aliphatic rings. The van der Waals surface area contributed by atoms with E-state index in [-0.39, 0.29) is 36.2 Å². The van der Waals surface area contributed by atoms with Gasteiger partial charge in [0.05, 0.1) is 12.7 Å². The number of methoxy groups -OCH3 is 1. The van der Waals surface area contributed by atoms with E-state index < -0.39 is 12.0 Å². The van der Waals surface area contributed by atoms with Crippen molar-refractivity contribution < 1.29 is 24.2 Å². The Morgan fingerprint density at radius 3 is 2.26 bits per heavy atom. The van der Waals surface area contributed by atoms with Crippen molar-refractivity contribution in [3.63, 3.8) is 0 Å². The zero-order chi connectivity index (χ0) is 24.1. The molecule has 4 rings (SSSR count). The molecule has 2 aromatic carbocycles. The molecule has 180 valence electrons. The topological polar surface area (TPSA) is 95.9 Å². The van der Waals surface area contributed by atoms with E-state index in [9.17, 15) is 19.5 Å². The molecule has 7 nitrogen and oxygen atoms in total. The van der Waals surface area contributed by atoms with E-state index in [1.165, 1.54) is 7.11 Å². The summed E-state index contributed by atoms with van der Waals surface area (Å²) >= 11 is 0. The van der Waals surface area contributed by atoms with E-state index in [1.807, 2.05) is 30.3 Å². The molecule has 0 spiro atoms. The van der Waals surface area contributed by atoms with Gasteiger partial charge in [-0.15, -0.1) is 0 Å². The number of rotatable bonds is 6. The second-order valence-corrected chi connectivity index (χ2v) is 9.24. The zero-order valence-electron chi connectivity index (χ0n) is 19.5. The second kappa shape index (κ2) is 10.8. The number of ether oxygens (including phenoxy) is 1. The summed E-state index contributed by atoms with van der Waals surface area (Å²) in [5.74, 6) is -0.553. The van der Waals surface area contributed by atoms with Crippen molar-refractivity contribution in [2.24, 2.45) is 11.8 Å². The number of nitrogens with one attached hydrogen (secondary N) is 1. The standard InChI is InChI=1S/C27H32N2O5/c1-34-27(33)21-11-13-22(14-12-21)28-25(31)24-23(19-5-3-2-4-6-19)15-16-29(24)26(32)20-9-7-18(17-30)8-10-20/h2-6,11-14,18,20,23-24,30H,7-10,15-17H2,1H3,(H,28,31)/t18-,20-,23?,24?. The highest BCUT2D eigenvalue weighted by Crippen LogP contribution is 2.37. The molecule has 2 unspecified atom stereocenters. The molecule has 1 saturated heterocycles. The van der Waals surface area contributed by atoms with Crippen LogP contribution in [0.1, 0.15) is 53.9 Å². The lowest BCUT2D eigenvalue weighted by atomic mass is 9.81. The number of esters is 1. The van der Waals surface area contributed by atoms with Crippen LogP contribution < -0.4 is 5.32 Å². The fourth-order valence-electron chi connectivity index (χ4n) is 5.26. The Kier molecular flexibility index (Phi) is 7.63. The number of aliphatic hydroxyl groups is 1. The molecule has 0 bridgehead atoms. The number of aliphatic hydroxyl groups excluding tert-OH is 1. The van der Waals surface area contributed by atoms with Crippen LogP contribution in [0.5, 0.6) is 0 Å². The van der Waals surface area contributed by atoms with Gasteiger partial charge in [0.1, 0.15) is 6.04 Å². The van der Waals surface area contributed by atoms with Crippen molar-refractivity contribution in [1.29, 1.82) is 0 Å². The number of hydrogen-bond acceptors (Lipinski definition) is 5. The third kappa shape index (κ3) is 5.14. The molecule has 2 fully saturated rings. The van der Waals surface area contributed by atoms with Gasteiger partial charge in [-0.25, -0.2) is 4.79 Å². The number of amides is 2. The van der Waals surface area contributed by atoms with Crippen molar-refractivity contribution >= 4 is 23.5 Å². The summed E-state index contributed by atoms with van der Waals surface area (Å²) in [6.07, 6.45) is 3.90. The van der Waals surface area contributed by atoms with Crippen LogP contribution in [0.15, 0.2) is 54.6 Å². The van der Waals surface area contributed by atoms with Gasteiger partial charge in [0.15, 0.2) is 0 Å². The van der Waals surface area contributed by atoms with Crippen LogP contribution in [0, 0.1) is 11.8 Å². The normalized spacial score (nSPS) is 24.5. The van der Waals surface area contributed by atoms with Crippen LogP contribution >= 0.6 is 0 Å². The summed E-state index contributed by atoms with van der Waals surface area (Å²) in [4.78, 5) is 40.5. The first-order valence-corrected chi connectivity index (χ1v) is 12.0. The van der Waals surface area contributed by atoms with Crippen molar-refractivity contribution in [1.82, 2.24) is 4.90 Å². The molecular formula is C27H32N2O5. The number of carbonyl (C=O) groups is 3. The van der Waals surface area contributed by atoms with E-state index >= 15 is 0 Å². The molecule has 0 radical (unpaired) electrons. The first-order valence-electron chi connectivity index (χ1n) is 12.0. The highest BCUT2D eigenvalue weighted by atomic mass is 16.5. The quantitative estimate of drug-likeness (QED) is 0.637. The molecule has 34 heavy (non-hydrogen) atoms. The van der Waals surface area contributed by atoms with Gasteiger partial charge < -0.3 is 20.1 Å². The van der Waals surface area contributed by atoms with E-state index in [2.05, 4.69) is 5.32 Å². The van der Waals surface area contributed by atoms with Crippen molar-refractivity contribution in [2.75, 3.05) is 25.6 Å². The molecule has 7 heteroatoms. The van der Waals surface area contributed by atoms with Crippen molar-refractivity contribution in [3.8, 4) is 0 Å². The van der Waals surface area contributed by atoms with Crippen LogP contribution in [0.3, 0.4) is 0 Å². The number of benzene rings is 2. The monoisotopic (exact) mass is 464 g/mol. The molecule has 0 aromatic heterocycles. The predicted octanol–water partition coefficient (Wildman–Crippen LogP) is 3.60. The molecule has 1 aliphatic heterocycles. The average Bonchev–Trinajstić information content (AvgIpc) is 3.34. The fraction of sp³-hybridized carbons (Fsp3) is 0.444. The molecule has 2 N–H and O–H groups in total. The van der Waals surface area contributed by atoms with Crippen LogP contribution in [0.4, 0.5) is 5.69 Å². The minimum absolute atomic E-state index is 0.0380. The SMILES string of the molecule is COC(=O)c1ccc(NC(=O)C2C(c3ccccc3)CCN2C(=O)[C@H]2CC[C@H](CO)CC2)cc1. The van der Waals surface area contributed by atoms with E-state index in [4.69, 9.17) is 4.74 Å². The van der Waals surface area contributed by atoms with Gasteiger partial charge in [-0.05, 0) is 67.9 Å². The molecule has 2 atom stereocenters. The number of likely N-dealkylation sites (tertiary alicyclic amines) is 1. The number of anilines is 1. The van der Waals surface area contributed by atoms with Gasteiger partial charge in [-0.2, -0.15) is 0 Å². The first-order chi connectivity index (χ1) is 16.5. The summed E-state index contributed by atoms with van der Waals surface area (Å²) in [6, 6.07) is 15.8. The van der Waals surface area contributed by atoms with Crippen LogP contribution in [-0.2, 0) is 14.3 Å². The second-order valence-electron chi connectivity index (χ2n) is 9.24. The number of carbonyl (C=O) groups excluding carboxylic acids is 3. The Morgan fingerprint density at radius 1 is 0.971 bits per heavy atom. The van der Waals surface area contributed by atoms with Gasteiger partial charge in [-0.3, -0.25) is 9.59 Å². The molecule has 2 aromatic rings. The third-order valence-electron chi connectivity index (χ3n) is 7.21. The predicted molar refractivity (Wildman–Crippen MR) is 128 cm³/mol. The highest BCUT2D eigenvalue weighted by molar-refractivity contribution is 5.99. The molecular weight excluding hydrogens is 432 g/mol. The minimum atomic E-state index is -0.606. The Morgan fingerprint density at radius 2 is 1.65 bits per heavy atom. The molecule has 1 saturated carbocycles. The van der Waals surface area contributed by atoms with Crippen molar-refractivity contribution in [2.45, 2.75) is 44.1 Å².